The van der Waals surface area contributed by atoms with Crippen LogP contribution in [0.4, 0.5) is 10.7 Å². The van der Waals surface area contributed by atoms with E-state index in [9.17, 15) is 19.2 Å². The van der Waals surface area contributed by atoms with Gasteiger partial charge >= 0.3 is 11.9 Å². The third kappa shape index (κ3) is 4.69. The van der Waals surface area contributed by atoms with Gasteiger partial charge in [-0.2, -0.15) is 0 Å². The van der Waals surface area contributed by atoms with Crippen molar-refractivity contribution in [3.05, 3.63) is 40.3 Å². The summed E-state index contributed by atoms with van der Waals surface area (Å²) in [6, 6.07) is 6.89. The van der Waals surface area contributed by atoms with Crippen molar-refractivity contribution in [1.82, 2.24) is 0 Å². The van der Waals surface area contributed by atoms with E-state index in [1.165, 1.54) is 4.90 Å². The molecule has 0 saturated heterocycles. The van der Waals surface area contributed by atoms with E-state index in [1.807, 2.05) is 0 Å². The van der Waals surface area contributed by atoms with E-state index in [0.717, 1.165) is 11.3 Å². The maximum absolute atomic E-state index is 12.8. The van der Waals surface area contributed by atoms with Crippen molar-refractivity contribution in [2.24, 2.45) is 0 Å². The number of fused-ring (bicyclic) bond motifs is 1. The molecule has 1 aromatic carbocycles. The highest BCUT2D eigenvalue weighted by atomic mass is 32.1. The fourth-order valence-corrected chi connectivity index (χ4v) is 4.18. The molecule has 1 aliphatic heterocycles. The second kappa shape index (κ2) is 9.61. The number of carbonyl (C=O) groups excluding carboxylic acids is 4. The first-order valence-electron chi connectivity index (χ1n) is 9.67. The minimum atomic E-state index is -0.658. The van der Waals surface area contributed by atoms with Crippen LogP contribution < -0.4 is 15.0 Å². The fraction of sp³-hybridized carbons (Fsp3) is 0.333. The fourth-order valence-electron chi connectivity index (χ4n) is 3.08. The van der Waals surface area contributed by atoms with E-state index in [-0.39, 0.29) is 47.7 Å². The molecule has 0 aliphatic carbocycles. The smallest absolute Gasteiger partial charge is 0.348 e. The van der Waals surface area contributed by atoms with Gasteiger partial charge in [0.1, 0.15) is 22.2 Å². The number of hydrogen-bond donors (Lipinski definition) is 1. The predicted octanol–water partition coefficient (Wildman–Crippen LogP) is 2.77. The zero-order valence-electron chi connectivity index (χ0n) is 17.4. The summed E-state index contributed by atoms with van der Waals surface area (Å²) in [6.07, 6.45) is 0. The number of rotatable bonds is 7. The van der Waals surface area contributed by atoms with Gasteiger partial charge in [0.15, 0.2) is 6.61 Å². The third-order valence-corrected chi connectivity index (χ3v) is 5.64. The van der Waals surface area contributed by atoms with Crippen molar-refractivity contribution in [3.8, 4) is 5.75 Å². The quantitative estimate of drug-likeness (QED) is 0.651. The van der Waals surface area contributed by atoms with Crippen LogP contribution >= 0.6 is 11.3 Å². The monoisotopic (exact) mass is 446 g/mol. The Bertz CT molecular complexity index is 1030. The normalized spacial score (nSPS) is 12.6. The summed E-state index contributed by atoms with van der Waals surface area (Å²) >= 11 is 0.930. The van der Waals surface area contributed by atoms with Gasteiger partial charge in [-0.3, -0.25) is 14.5 Å². The first kappa shape index (κ1) is 22.3. The molecule has 0 spiro atoms. The van der Waals surface area contributed by atoms with E-state index in [1.54, 1.807) is 45.0 Å². The summed E-state index contributed by atoms with van der Waals surface area (Å²) in [5.74, 6) is -1.65. The van der Waals surface area contributed by atoms with Gasteiger partial charge in [0.2, 0.25) is 5.91 Å². The number of para-hydroxylation sites is 2. The molecule has 2 amide bonds. The van der Waals surface area contributed by atoms with Gasteiger partial charge in [0.25, 0.3) is 5.91 Å². The summed E-state index contributed by atoms with van der Waals surface area (Å²) in [5, 5.41) is 2.81. The lowest BCUT2D eigenvalue weighted by Gasteiger charge is -2.28. The highest BCUT2D eigenvalue weighted by molar-refractivity contribution is 7.18. The summed E-state index contributed by atoms with van der Waals surface area (Å²) in [6.45, 7) is 4.77. The molecule has 164 valence electrons. The molecular weight excluding hydrogens is 424 g/mol. The lowest BCUT2D eigenvalue weighted by Crippen LogP contribution is -2.43. The number of anilines is 2. The largest absolute Gasteiger partial charge is 0.482 e. The molecule has 1 N–H and O–H groups in total. The van der Waals surface area contributed by atoms with Gasteiger partial charge in [-0.05, 0) is 38.5 Å². The maximum Gasteiger partial charge on any atom is 0.348 e. The standard InChI is InChI=1S/C21H22N2O7S/c1-4-28-20(26)17-12(3)18(21(27)29-5-2)31-19(17)22-15(24)10-23-13-8-6-7-9-14(13)30-11-16(23)25/h6-9H,4-5,10-11H2,1-3H3,(H,22,24). The van der Waals surface area contributed by atoms with Crippen molar-refractivity contribution in [3.63, 3.8) is 0 Å². The first-order chi connectivity index (χ1) is 14.9. The SMILES string of the molecule is CCOC(=O)c1sc(NC(=O)CN2C(=O)COc3ccccc32)c(C(=O)OCC)c1C. The molecule has 2 aromatic rings. The summed E-state index contributed by atoms with van der Waals surface area (Å²) in [5.41, 5.74) is 0.941. The summed E-state index contributed by atoms with van der Waals surface area (Å²) in [4.78, 5) is 51.3. The molecule has 0 saturated carbocycles. The van der Waals surface area contributed by atoms with Crippen LogP contribution in [0.15, 0.2) is 24.3 Å². The number of carbonyl (C=O) groups is 4. The van der Waals surface area contributed by atoms with E-state index in [2.05, 4.69) is 5.32 Å². The minimum absolute atomic E-state index is 0.0944. The number of nitrogens with zero attached hydrogens (tertiary/aromatic N) is 1. The molecule has 1 aliphatic rings. The second-order valence-electron chi connectivity index (χ2n) is 6.49. The van der Waals surface area contributed by atoms with Crippen LogP contribution in [0, 0.1) is 6.92 Å². The lowest BCUT2D eigenvalue weighted by molar-refractivity contribution is -0.123. The molecule has 2 heterocycles. The Morgan fingerprint density at radius 1 is 1.13 bits per heavy atom. The maximum atomic E-state index is 12.8. The van der Waals surface area contributed by atoms with Crippen molar-refractivity contribution < 1.29 is 33.4 Å². The third-order valence-electron chi connectivity index (χ3n) is 4.45. The van der Waals surface area contributed by atoms with Crippen LogP contribution in [0.3, 0.4) is 0 Å². The Labute approximate surface area is 182 Å². The Kier molecular flexibility index (Phi) is 6.91. The van der Waals surface area contributed by atoms with E-state index >= 15 is 0 Å². The molecule has 0 fully saturated rings. The van der Waals surface area contributed by atoms with Gasteiger partial charge in [0.05, 0.1) is 24.5 Å². The van der Waals surface area contributed by atoms with Gasteiger partial charge in [-0.25, -0.2) is 9.59 Å². The Morgan fingerprint density at radius 3 is 2.52 bits per heavy atom. The lowest BCUT2D eigenvalue weighted by atomic mass is 10.1. The predicted molar refractivity (Wildman–Crippen MR) is 114 cm³/mol. The van der Waals surface area contributed by atoms with Crippen molar-refractivity contribution >= 4 is 45.8 Å². The number of nitrogens with one attached hydrogen (secondary N) is 1. The van der Waals surface area contributed by atoms with E-state index in [0.29, 0.717) is 17.0 Å². The minimum Gasteiger partial charge on any atom is -0.482 e. The summed E-state index contributed by atoms with van der Waals surface area (Å²) < 4.78 is 15.5. The highest BCUT2D eigenvalue weighted by Gasteiger charge is 2.30. The zero-order valence-corrected chi connectivity index (χ0v) is 18.2. The van der Waals surface area contributed by atoms with Crippen LogP contribution in [0.5, 0.6) is 5.75 Å². The second-order valence-corrected chi connectivity index (χ2v) is 7.51. The van der Waals surface area contributed by atoms with Crippen molar-refractivity contribution in [1.29, 1.82) is 0 Å². The molecule has 9 nitrogen and oxygen atoms in total. The van der Waals surface area contributed by atoms with Crippen LogP contribution in [0.1, 0.15) is 39.4 Å². The number of esters is 2. The Balaban J connectivity index is 1.87. The molecular formula is C21H22N2O7S. The van der Waals surface area contributed by atoms with Gasteiger partial charge < -0.3 is 19.5 Å². The number of benzene rings is 1. The zero-order chi connectivity index (χ0) is 22.5. The topological polar surface area (TPSA) is 111 Å². The van der Waals surface area contributed by atoms with Crippen molar-refractivity contribution in [2.75, 3.05) is 36.6 Å². The molecule has 10 heteroatoms. The molecule has 0 atom stereocenters. The Hall–Kier alpha value is -3.40. The van der Waals surface area contributed by atoms with Crippen LogP contribution in [0.25, 0.3) is 0 Å². The van der Waals surface area contributed by atoms with Crippen LogP contribution in [-0.2, 0) is 19.1 Å². The average molecular weight is 446 g/mol. The first-order valence-corrected chi connectivity index (χ1v) is 10.5. The van der Waals surface area contributed by atoms with Crippen LogP contribution in [0.2, 0.25) is 0 Å². The van der Waals surface area contributed by atoms with Crippen LogP contribution in [-0.4, -0.2) is 50.1 Å². The Morgan fingerprint density at radius 2 is 1.81 bits per heavy atom. The average Bonchev–Trinajstić information content (AvgIpc) is 3.06. The van der Waals surface area contributed by atoms with E-state index < -0.39 is 17.8 Å². The summed E-state index contributed by atoms with van der Waals surface area (Å²) in [7, 11) is 0. The molecule has 1 aromatic heterocycles. The molecule has 0 unspecified atom stereocenters. The van der Waals surface area contributed by atoms with Gasteiger partial charge in [-0.15, -0.1) is 11.3 Å². The highest BCUT2D eigenvalue weighted by Crippen LogP contribution is 2.35. The number of ether oxygens (including phenoxy) is 3. The number of hydrogen-bond acceptors (Lipinski definition) is 8. The van der Waals surface area contributed by atoms with Gasteiger partial charge in [-0.1, -0.05) is 12.1 Å². The molecule has 31 heavy (non-hydrogen) atoms. The van der Waals surface area contributed by atoms with Crippen molar-refractivity contribution in [2.45, 2.75) is 20.8 Å². The van der Waals surface area contributed by atoms with E-state index in [4.69, 9.17) is 14.2 Å². The van der Waals surface area contributed by atoms with Gasteiger partial charge in [0, 0.05) is 0 Å². The molecule has 3 rings (SSSR count). The number of thiophene rings is 1. The molecule has 0 bridgehead atoms. The number of amides is 2. The molecule has 0 radical (unpaired) electrons.